The van der Waals surface area contributed by atoms with Gasteiger partial charge in [-0.3, -0.25) is 4.79 Å². The third-order valence-electron chi connectivity index (χ3n) is 4.10. The lowest BCUT2D eigenvalue weighted by Gasteiger charge is -2.29. The van der Waals surface area contributed by atoms with Crippen molar-refractivity contribution in [3.63, 3.8) is 0 Å². The molecule has 1 saturated heterocycles. The summed E-state index contributed by atoms with van der Waals surface area (Å²) < 4.78 is 5.29. The van der Waals surface area contributed by atoms with Gasteiger partial charge in [-0.15, -0.1) is 0 Å². The van der Waals surface area contributed by atoms with Crippen molar-refractivity contribution in [1.82, 2.24) is 10.6 Å². The lowest BCUT2D eigenvalue weighted by Crippen LogP contribution is -2.46. The second kappa shape index (κ2) is 8.12. The molecular formula is C14H26N2O2S. The Kier molecular flexibility index (Phi) is 6.47. The summed E-state index contributed by atoms with van der Waals surface area (Å²) in [5, 5.41) is 7.28. The van der Waals surface area contributed by atoms with E-state index in [-0.39, 0.29) is 5.91 Å². The molecule has 0 aromatic rings. The molecule has 0 bridgehead atoms. The van der Waals surface area contributed by atoms with Crippen LogP contribution in [-0.2, 0) is 9.53 Å². The minimum atomic E-state index is 0.137. The van der Waals surface area contributed by atoms with Crippen LogP contribution >= 0.6 is 11.8 Å². The highest BCUT2D eigenvalue weighted by molar-refractivity contribution is 7.99. The first-order chi connectivity index (χ1) is 9.28. The minimum absolute atomic E-state index is 0.137. The van der Waals surface area contributed by atoms with Gasteiger partial charge in [-0.1, -0.05) is 6.42 Å². The Balaban J connectivity index is 1.62. The molecule has 0 radical (unpaired) electrons. The molecular weight excluding hydrogens is 260 g/mol. The fourth-order valence-corrected chi connectivity index (χ4v) is 3.73. The van der Waals surface area contributed by atoms with Crippen molar-refractivity contribution in [1.29, 1.82) is 0 Å². The molecule has 110 valence electrons. The molecule has 1 amide bonds. The normalized spacial score (nSPS) is 29.1. The molecule has 2 N–H and O–H groups in total. The summed E-state index contributed by atoms with van der Waals surface area (Å²) >= 11 is 1.96. The lowest BCUT2D eigenvalue weighted by molar-refractivity contribution is -0.121. The van der Waals surface area contributed by atoms with E-state index >= 15 is 0 Å². The van der Waals surface area contributed by atoms with E-state index in [0.717, 1.165) is 31.3 Å². The van der Waals surface area contributed by atoms with Crippen LogP contribution in [0.5, 0.6) is 0 Å². The standard InChI is InChI=1S/C14H26N2O2S/c1-19-13-4-2-3-12(9-13)15-10-14(17)16-11-5-7-18-8-6-11/h11-13,15H,2-10H2,1H3,(H,16,17). The highest BCUT2D eigenvalue weighted by Crippen LogP contribution is 2.26. The summed E-state index contributed by atoms with van der Waals surface area (Å²) in [6.07, 6.45) is 9.10. The Bertz CT molecular complexity index is 283. The lowest BCUT2D eigenvalue weighted by atomic mass is 9.95. The fourth-order valence-electron chi connectivity index (χ4n) is 2.90. The van der Waals surface area contributed by atoms with Crippen LogP contribution in [0.25, 0.3) is 0 Å². The van der Waals surface area contributed by atoms with Gasteiger partial charge in [0, 0.05) is 30.5 Å². The predicted octanol–water partition coefficient (Wildman–Crippen LogP) is 1.55. The van der Waals surface area contributed by atoms with Crippen LogP contribution in [0, 0.1) is 0 Å². The molecule has 1 heterocycles. The Morgan fingerprint density at radius 2 is 2.00 bits per heavy atom. The van der Waals surface area contributed by atoms with E-state index in [2.05, 4.69) is 16.9 Å². The van der Waals surface area contributed by atoms with Gasteiger partial charge in [-0.05, 0) is 38.4 Å². The second-order valence-electron chi connectivity index (χ2n) is 5.56. The van der Waals surface area contributed by atoms with E-state index in [9.17, 15) is 4.79 Å². The maximum atomic E-state index is 11.9. The van der Waals surface area contributed by atoms with Crippen LogP contribution < -0.4 is 10.6 Å². The monoisotopic (exact) mass is 286 g/mol. The largest absolute Gasteiger partial charge is 0.381 e. The van der Waals surface area contributed by atoms with Gasteiger partial charge in [0.1, 0.15) is 0 Å². The van der Waals surface area contributed by atoms with Gasteiger partial charge < -0.3 is 15.4 Å². The Morgan fingerprint density at radius 3 is 2.74 bits per heavy atom. The van der Waals surface area contributed by atoms with Crippen molar-refractivity contribution in [2.24, 2.45) is 0 Å². The summed E-state index contributed by atoms with van der Waals surface area (Å²) in [6, 6.07) is 0.833. The number of carbonyl (C=O) groups is 1. The van der Waals surface area contributed by atoms with E-state index in [1.54, 1.807) is 0 Å². The topological polar surface area (TPSA) is 50.4 Å². The number of carbonyl (C=O) groups excluding carboxylic acids is 1. The first kappa shape index (κ1) is 15.1. The summed E-state index contributed by atoms with van der Waals surface area (Å²) in [5.41, 5.74) is 0. The summed E-state index contributed by atoms with van der Waals surface area (Å²) in [5.74, 6) is 0.137. The van der Waals surface area contributed by atoms with E-state index < -0.39 is 0 Å². The van der Waals surface area contributed by atoms with Gasteiger partial charge >= 0.3 is 0 Å². The number of ether oxygens (including phenoxy) is 1. The first-order valence-corrected chi connectivity index (χ1v) is 8.70. The summed E-state index contributed by atoms with van der Waals surface area (Å²) in [7, 11) is 0. The number of thioether (sulfide) groups is 1. The van der Waals surface area contributed by atoms with Crippen LogP contribution in [0.4, 0.5) is 0 Å². The van der Waals surface area contributed by atoms with E-state index in [0.29, 0.717) is 18.6 Å². The molecule has 1 aliphatic carbocycles. The van der Waals surface area contributed by atoms with Crippen molar-refractivity contribution in [2.75, 3.05) is 26.0 Å². The average molecular weight is 286 g/mol. The molecule has 2 aliphatic rings. The van der Waals surface area contributed by atoms with Gasteiger partial charge in [0.15, 0.2) is 0 Å². The molecule has 0 aromatic heterocycles. The van der Waals surface area contributed by atoms with E-state index in [1.165, 1.54) is 25.7 Å². The Labute approximate surface area is 120 Å². The van der Waals surface area contributed by atoms with E-state index in [4.69, 9.17) is 4.74 Å². The maximum Gasteiger partial charge on any atom is 0.234 e. The summed E-state index contributed by atoms with van der Waals surface area (Å²) in [6.45, 7) is 2.01. The molecule has 2 atom stereocenters. The average Bonchev–Trinajstić information content (AvgIpc) is 2.46. The summed E-state index contributed by atoms with van der Waals surface area (Å²) in [4.78, 5) is 11.9. The molecule has 19 heavy (non-hydrogen) atoms. The minimum Gasteiger partial charge on any atom is -0.381 e. The number of rotatable bonds is 5. The third-order valence-corrected chi connectivity index (χ3v) is 5.19. The molecule has 0 aromatic carbocycles. The zero-order chi connectivity index (χ0) is 13.5. The zero-order valence-electron chi connectivity index (χ0n) is 11.8. The van der Waals surface area contributed by atoms with Gasteiger partial charge in [0.25, 0.3) is 0 Å². The van der Waals surface area contributed by atoms with Gasteiger partial charge in [-0.2, -0.15) is 11.8 Å². The number of hydrogen-bond donors (Lipinski definition) is 2. The first-order valence-electron chi connectivity index (χ1n) is 7.41. The van der Waals surface area contributed by atoms with Crippen molar-refractivity contribution in [3.8, 4) is 0 Å². The number of nitrogens with one attached hydrogen (secondary N) is 2. The number of amides is 1. The maximum absolute atomic E-state index is 11.9. The van der Waals surface area contributed by atoms with Crippen LogP contribution in [0.15, 0.2) is 0 Å². The van der Waals surface area contributed by atoms with Crippen LogP contribution in [0.2, 0.25) is 0 Å². The molecule has 2 rings (SSSR count). The smallest absolute Gasteiger partial charge is 0.234 e. The molecule has 2 fully saturated rings. The van der Waals surface area contributed by atoms with Gasteiger partial charge in [0.2, 0.25) is 5.91 Å². The molecule has 1 aliphatic heterocycles. The van der Waals surface area contributed by atoms with Crippen LogP contribution in [0.1, 0.15) is 38.5 Å². The SMILES string of the molecule is CSC1CCCC(NCC(=O)NC2CCOCC2)C1. The van der Waals surface area contributed by atoms with Crippen LogP contribution in [0.3, 0.4) is 0 Å². The quantitative estimate of drug-likeness (QED) is 0.805. The molecule has 4 nitrogen and oxygen atoms in total. The van der Waals surface area contributed by atoms with Crippen molar-refractivity contribution < 1.29 is 9.53 Å². The van der Waals surface area contributed by atoms with E-state index in [1.807, 2.05) is 11.8 Å². The highest BCUT2D eigenvalue weighted by atomic mass is 32.2. The van der Waals surface area contributed by atoms with Crippen LogP contribution in [-0.4, -0.2) is 49.3 Å². The van der Waals surface area contributed by atoms with Crippen molar-refractivity contribution in [3.05, 3.63) is 0 Å². The zero-order valence-corrected chi connectivity index (χ0v) is 12.6. The molecule has 0 spiro atoms. The number of hydrogen-bond acceptors (Lipinski definition) is 4. The van der Waals surface area contributed by atoms with Crippen molar-refractivity contribution in [2.45, 2.75) is 55.9 Å². The Hall–Kier alpha value is -0.260. The Morgan fingerprint density at radius 1 is 1.21 bits per heavy atom. The van der Waals surface area contributed by atoms with Gasteiger partial charge in [0.05, 0.1) is 6.54 Å². The van der Waals surface area contributed by atoms with Gasteiger partial charge in [-0.25, -0.2) is 0 Å². The molecule has 2 unspecified atom stereocenters. The predicted molar refractivity (Wildman–Crippen MR) is 79.5 cm³/mol. The molecule has 5 heteroatoms. The third kappa shape index (κ3) is 5.32. The highest BCUT2D eigenvalue weighted by Gasteiger charge is 2.22. The molecule has 1 saturated carbocycles. The van der Waals surface area contributed by atoms with Crippen molar-refractivity contribution >= 4 is 17.7 Å². The second-order valence-corrected chi connectivity index (χ2v) is 6.69. The fraction of sp³-hybridized carbons (Fsp3) is 0.929.